The Balaban J connectivity index is 1.71. The summed E-state index contributed by atoms with van der Waals surface area (Å²) in [4.78, 5) is 6.96. The Kier molecular flexibility index (Phi) is 7.69. The maximum Gasteiger partial charge on any atom is 0.177 e. The first-order chi connectivity index (χ1) is 14.3. The van der Waals surface area contributed by atoms with Gasteiger partial charge in [0.05, 0.1) is 29.5 Å². The van der Waals surface area contributed by atoms with Gasteiger partial charge in [-0.3, -0.25) is 9.88 Å². The van der Waals surface area contributed by atoms with E-state index in [1.54, 1.807) is 12.3 Å². The molecule has 0 unspecified atom stereocenters. The first-order valence-electron chi connectivity index (χ1n) is 10.4. The van der Waals surface area contributed by atoms with Gasteiger partial charge in [0.1, 0.15) is 0 Å². The number of morpholine rings is 1. The standard InChI is InChI=1S/C22H32N4O3S/c1-17(2)25-20-13-19(15-23-16-20)12-18-4-5-21(22(14-18)30(3,27)28)24-6-7-26-8-10-29-11-9-26/h4-5,13-17,24-25H,6-12H2,1-3H3. The molecule has 1 aliphatic heterocycles. The molecule has 164 valence electrons. The first-order valence-corrected chi connectivity index (χ1v) is 12.3. The summed E-state index contributed by atoms with van der Waals surface area (Å²) in [7, 11) is -3.35. The van der Waals surface area contributed by atoms with Crippen LogP contribution in [0.25, 0.3) is 0 Å². The zero-order valence-corrected chi connectivity index (χ0v) is 18.8. The van der Waals surface area contributed by atoms with Crippen molar-refractivity contribution < 1.29 is 13.2 Å². The lowest BCUT2D eigenvalue weighted by atomic mass is 10.1. The number of hydrogen-bond donors (Lipinski definition) is 2. The molecular weight excluding hydrogens is 400 g/mol. The molecule has 0 spiro atoms. The summed E-state index contributed by atoms with van der Waals surface area (Å²) in [6.45, 7) is 9.05. The first kappa shape index (κ1) is 22.5. The van der Waals surface area contributed by atoms with Gasteiger partial charge in [0.15, 0.2) is 9.84 Å². The summed E-state index contributed by atoms with van der Waals surface area (Å²) in [6, 6.07) is 8.00. The zero-order valence-electron chi connectivity index (χ0n) is 18.0. The number of nitrogens with one attached hydrogen (secondary N) is 2. The van der Waals surface area contributed by atoms with Crippen molar-refractivity contribution in [1.29, 1.82) is 0 Å². The number of aromatic nitrogens is 1. The number of benzene rings is 1. The van der Waals surface area contributed by atoms with E-state index in [-0.39, 0.29) is 0 Å². The minimum Gasteiger partial charge on any atom is -0.383 e. The average Bonchev–Trinajstić information content (AvgIpc) is 2.69. The molecule has 2 aromatic rings. The number of anilines is 2. The quantitative estimate of drug-likeness (QED) is 0.630. The van der Waals surface area contributed by atoms with Crippen LogP contribution in [-0.4, -0.2) is 70.0 Å². The summed E-state index contributed by atoms with van der Waals surface area (Å²) >= 11 is 0. The van der Waals surface area contributed by atoms with Crippen LogP contribution in [0, 0.1) is 0 Å². The van der Waals surface area contributed by atoms with E-state index in [1.165, 1.54) is 6.26 Å². The van der Waals surface area contributed by atoms with Crippen LogP contribution in [0.4, 0.5) is 11.4 Å². The zero-order chi connectivity index (χ0) is 21.6. The maximum atomic E-state index is 12.4. The van der Waals surface area contributed by atoms with Crippen molar-refractivity contribution in [2.24, 2.45) is 0 Å². The molecule has 0 bridgehead atoms. The number of pyridine rings is 1. The molecule has 8 heteroatoms. The highest BCUT2D eigenvalue weighted by atomic mass is 32.2. The Bertz CT molecular complexity index is 941. The van der Waals surface area contributed by atoms with Gasteiger partial charge in [-0.05, 0) is 49.6 Å². The Hall–Kier alpha value is -2.16. The molecule has 0 saturated carbocycles. The third-order valence-corrected chi connectivity index (χ3v) is 6.09. The molecule has 2 heterocycles. The van der Waals surface area contributed by atoms with Gasteiger partial charge >= 0.3 is 0 Å². The molecule has 0 atom stereocenters. The second kappa shape index (κ2) is 10.2. The lowest BCUT2D eigenvalue weighted by Gasteiger charge is -2.26. The Morgan fingerprint density at radius 3 is 2.60 bits per heavy atom. The van der Waals surface area contributed by atoms with Gasteiger partial charge in [-0.15, -0.1) is 0 Å². The summed E-state index contributed by atoms with van der Waals surface area (Å²) in [5.74, 6) is 0. The van der Waals surface area contributed by atoms with E-state index in [0.717, 1.165) is 49.7 Å². The van der Waals surface area contributed by atoms with Crippen LogP contribution < -0.4 is 10.6 Å². The van der Waals surface area contributed by atoms with Crippen molar-refractivity contribution >= 4 is 21.2 Å². The summed E-state index contributed by atoms with van der Waals surface area (Å²) in [6.07, 6.45) is 5.50. The third-order valence-electron chi connectivity index (χ3n) is 4.95. The monoisotopic (exact) mass is 432 g/mol. The molecule has 1 aliphatic rings. The van der Waals surface area contributed by atoms with Gasteiger partial charge in [0.2, 0.25) is 0 Å². The normalized spacial score (nSPS) is 15.3. The molecule has 1 aromatic carbocycles. The van der Waals surface area contributed by atoms with Crippen molar-refractivity contribution in [3.63, 3.8) is 0 Å². The molecule has 1 saturated heterocycles. The van der Waals surface area contributed by atoms with Gasteiger partial charge in [0, 0.05) is 50.9 Å². The second-order valence-corrected chi connectivity index (χ2v) is 10.0. The number of ether oxygens (including phenoxy) is 1. The number of sulfone groups is 1. The van der Waals surface area contributed by atoms with Gasteiger partial charge in [0.25, 0.3) is 0 Å². The predicted octanol–water partition coefficient (Wildman–Crippen LogP) is 2.64. The topological polar surface area (TPSA) is 83.6 Å². The molecule has 1 fully saturated rings. The van der Waals surface area contributed by atoms with Crippen molar-refractivity contribution in [3.8, 4) is 0 Å². The van der Waals surface area contributed by atoms with E-state index in [0.29, 0.717) is 29.6 Å². The lowest BCUT2D eigenvalue weighted by Crippen LogP contribution is -2.39. The van der Waals surface area contributed by atoms with E-state index < -0.39 is 9.84 Å². The SMILES string of the molecule is CC(C)Nc1cncc(Cc2ccc(NCCN3CCOCC3)c(S(C)(=O)=O)c2)c1. The predicted molar refractivity (Wildman–Crippen MR) is 121 cm³/mol. The molecule has 30 heavy (non-hydrogen) atoms. The second-order valence-electron chi connectivity index (χ2n) is 8.04. The largest absolute Gasteiger partial charge is 0.383 e. The number of nitrogens with zero attached hydrogens (tertiary/aromatic N) is 2. The van der Waals surface area contributed by atoms with Gasteiger partial charge in [-0.25, -0.2) is 8.42 Å². The molecule has 1 aromatic heterocycles. The van der Waals surface area contributed by atoms with Crippen molar-refractivity contribution in [1.82, 2.24) is 9.88 Å². The smallest absolute Gasteiger partial charge is 0.177 e. The van der Waals surface area contributed by atoms with E-state index in [2.05, 4.69) is 40.4 Å². The van der Waals surface area contributed by atoms with Gasteiger partial charge in [-0.1, -0.05) is 6.07 Å². The molecule has 0 aliphatic carbocycles. The van der Waals surface area contributed by atoms with E-state index in [1.807, 2.05) is 18.3 Å². The van der Waals surface area contributed by atoms with Crippen LogP contribution in [0.3, 0.4) is 0 Å². The molecule has 2 N–H and O–H groups in total. The summed E-state index contributed by atoms with van der Waals surface area (Å²) < 4.78 is 30.2. The molecule has 7 nitrogen and oxygen atoms in total. The van der Waals surface area contributed by atoms with E-state index in [4.69, 9.17) is 4.74 Å². The molecule has 3 rings (SSSR count). The molecular formula is C22H32N4O3S. The lowest BCUT2D eigenvalue weighted by molar-refractivity contribution is 0.0398. The molecule has 0 amide bonds. The fourth-order valence-corrected chi connectivity index (χ4v) is 4.44. The van der Waals surface area contributed by atoms with Crippen LogP contribution in [0.2, 0.25) is 0 Å². The highest BCUT2D eigenvalue weighted by Gasteiger charge is 2.16. The van der Waals surface area contributed by atoms with Gasteiger partial charge < -0.3 is 15.4 Å². The summed E-state index contributed by atoms with van der Waals surface area (Å²) in [5.41, 5.74) is 3.60. The van der Waals surface area contributed by atoms with Crippen molar-refractivity contribution in [2.45, 2.75) is 31.2 Å². The molecule has 0 radical (unpaired) electrons. The fourth-order valence-electron chi connectivity index (χ4n) is 3.54. The van der Waals surface area contributed by atoms with Crippen LogP contribution in [0.5, 0.6) is 0 Å². The van der Waals surface area contributed by atoms with Crippen molar-refractivity contribution in [2.75, 3.05) is 56.3 Å². The Labute approximate surface area is 179 Å². The average molecular weight is 433 g/mol. The van der Waals surface area contributed by atoms with Crippen LogP contribution >= 0.6 is 0 Å². The van der Waals surface area contributed by atoms with Crippen molar-refractivity contribution in [3.05, 3.63) is 47.8 Å². The van der Waals surface area contributed by atoms with Crippen LogP contribution in [0.1, 0.15) is 25.0 Å². The third kappa shape index (κ3) is 6.68. The van der Waals surface area contributed by atoms with Crippen LogP contribution in [0.15, 0.2) is 41.6 Å². The maximum absolute atomic E-state index is 12.4. The Morgan fingerprint density at radius 1 is 1.13 bits per heavy atom. The Morgan fingerprint density at radius 2 is 1.90 bits per heavy atom. The number of hydrogen-bond acceptors (Lipinski definition) is 7. The highest BCUT2D eigenvalue weighted by molar-refractivity contribution is 7.90. The summed E-state index contributed by atoms with van der Waals surface area (Å²) in [5, 5.41) is 6.65. The number of rotatable bonds is 9. The highest BCUT2D eigenvalue weighted by Crippen LogP contribution is 2.24. The minimum absolute atomic E-state index is 0.321. The van der Waals surface area contributed by atoms with E-state index >= 15 is 0 Å². The van der Waals surface area contributed by atoms with E-state index in [9.17, 15) is 8.42 Å². The van der Waals surface area contributed by atoms with Crippen LogP contribution in [-0.2, 0) is 21.0 Å². The van der Waals surface area contributed by atoms with Gasteiger partial charge in [-0.2, -0.15) is 0 Å². The fraction of sp³-hybridized carbons (Fsp3) is 0.500. The minimum atomic E-state index is -3.35.